The molecule has 0 aliphatic heterocycles. The van der Waals surface area contributed by atoms with E-state index in [-0.39, 0.29) is 0 Å². The van der Waals surface area contributed by atoms with Crippen molar-refractivity contribution >= 4 is 11.8 Å². The van der Waals surface area contributed by atoms with Gasteiger partial charge >= 0.3 is 0 Å². The highest BCUT2D eigenvalue weighted by Gasteiger charge is 1.98. The van der Waals surface area contributed by atoms with Crippen LogP contribution in [0.25, 0.3) is 0 Å². The smallest absolute Gasteiger partial charge is 0.0628 e. The fraction of sp³-hybridized carbons (Fsp3) is 0.500. The van der Waals surface area contributed by atoms with Crippen LogP contribution in [0.5, 0.6) is 0 Å². The van der Waals surface area contributed by atoms with E-state index in [0.717, 1.165) is 0 Å². The van der Waals surface area contributed by atoms with Gasteiger partial charge in [0.2, 0.25) is 0 Å². The Labute approximate surface area is 59.3 Å². The fourth-order valence-electron chi connectivity index (χ4n) is 0.679. The maximum atomic E-state index is 4.08. The summed E-state index contributed by atoms with van der Waals surface area (Å²) in [5, 5.41) is 4.08. The van der Waals surface area contributed by atoms with Crippen molar-refractivity contribution in [1.82, 2.24) is 9.78 Å². The summed E-state index contributed by atoms with van der Waals surface area (Å²) >= 11 is 1.73. The number of hydrogen-bond donors (Lipinski definition) is 0. The summed E-state index contributed by atoms with van der Waals surface area (Å²) in [6.45, 7) is 2.07. The molecule has 50 valence electrons. The second kappa shape index (κ2) is 2.43. The lowest BCUT2D eigenvalue weighted by molar-refractivity contribution is 0.737. The van der Waals surface area contributed by atoms with Crippen molar-refractivity contribution in [2.24, 2.45) is 7.05 Å². The van der Waals surface area contributed by atoms with Gasteiger partial charge in [-0.05, 0) is 13.2 Å². The molecule has 0 radical (unpaired) electrons. The van der Waals surface area contributed by atoms with Crippen LogP contribution in [0.1, 0.15) is 5.69 Å². The van der Waals surface area contributed by atoms with Crippen LogP contribution >= 0.6 is 11.8 Å². The highest BCUT2D eigenvalue weighted by molar-refractivity contribution is 7.98. The zero-order valence-corrected chi connectivity index (χ0v) is 6.70. The molecule has 3 heteroatoms. The van der Waals surface area contributed by atoms with Gasteiger partial charge < -0.3 is 0 Å². The van der Waals surface area contributed by atoms with Crippen molar-refractivity contribution in [3.05, 3.63) is 11.9 Å². The van der Waals surface area contributed by atoms with Crippen LogP contribution in [0.2, 0.25) is 0 Å². The van der Waals surface area contributed by atoms with Gasteiger partial charge in [-0.25, -0.2) is 0 Å². The molecule has 1 rings (SSSR count). The summed E-state index contributed by atoms with van der Waals surface area (Å²) in [5.41, 5.74) is 1.24. The average Bonchev–Trinajstić information content (AvgIpc) is 2.15. The number of rotatable bonds is 1. The minimum Gasteiger partial charge on any atom is -0.272 e. The van der Waals surface area contributed by atoms with Gasteiger partial charge in [-0.15, -0.1) is 11.8 Å². The van der Waals surface area contributed by atoms with E-state index >= 15 is 0 Å². The molecule has 1 heterocycles. The van der Waals surface area contributed by atoms with E-state index in [9.17, 15) is 0 Å². The van der Waals surface area contributed by atoms with Crippen LogP contribution in [0.15, 0.2) is 11.1 Å². The Hall–Kier alpha value is -0.440. The summed E-state index contributed by atoms with van der Waals surface area (Å²) in [4.78, 5) is 1.26. The summed E-state index contributed by atoms with van der Waals surface area (Å²) < 4.78 is 1.88. The third-order valence-corrected chi connectivity index (χ3v) is 2.25. The van der Waals surface area contributed by atoms with Crippen LogP contribution < -0.4 is 0 Å². The zero-order valence-electron chi connectivity index (χ0n) is 5.88. The Kier molecular flexibility index (Phi) is 1.81. The second-order valence-electron chi connectivity index (χ2n) is 1.92. The van der Waals surface area contributed by atoms with Crippen molar-refractivity contribution in [2.45, 2.75) is 11.8 Å². The van der Waals surface area contributed by atoms with E-state index in [0.29, 0.717) is 0 Å². The minimum atomic E-state index is 1.24. The first-order valence-corrected chi connectivity index (χ1v) is 4.00. The summed E-state index contributed by atoms with van der Waals surface area (Å²) in [7, 11) is 1.95. The maximum Gasteiger partial charge on any atom is 0.0628 e. The molecule has 0 bridgehead atoms. The largest absolute Gasteiger partial charge is 0.272 e. The molecule has 1 aromatic heterocycles. The molecule has 1 aromatic rings. The molecule has 9 heavy (non-hydrogen) atoms. The van der Waals surface area contributed by atoms with Gasteiger partial charge in [0.1, 0.15) is 0 Å². The lowest BCUT2D eigenvalue weighted by Gasteiger charge is -1.93. The number of hydrogen-bond acceptors (Lipinski definition) is 2. The molecular weight excluding hydrogens is 132 g/mol. The molecule has 0 unspecified atom stereocenters. The quantitative estimate of drug-likeness (QED) is 0.552. The van der Waals surface area contributed by atoms with Gasteiger partial charge in [0, 0.05) is 17.6 Å². The summed E-state index contributed by atoms with van der Waals surface area (Å²) in [6.07, 6.45) is 3.95. The van der Waals surface area contributed by atoms with E-state index in [2.05, 4.69) is 18.3 Å². The van der Waals surface area contributed by atoms with Crippen molar-refractivity contribution in [2.75, 3.05) is 6.26 Å². The van der Waals surface area contributed by atoms with Crippen LogP contribution in [0, 0.1) is 6.92 Å². The summed E-state index contributed by atoms with van der Waals surface area (Å²) in [6, 6.07) is 0. The number of aryl methyl sites for hydroxylation is 1. The third-order valence-electron chi connectivity index (χ3n) is 1.41. The highest BCUT2D eigenvalue weighted by Crippen LogP contribution is 2.17. The molecule has 0 N–H and O–H groups in total. The van der Waals surface area contributed by atoms with E-state index in [1.54, 1.807) is 11.8 Å². The normalized spacial score (nSPS) is 10.1. The predicted octanol–water partition coefficient (Wildman–Crippen LogP) is 1.45. The van der Waals surface area contributed by atoms with Crippen LogP contribution in [-0.4, -0.2) is 16.0 Å². The lowest BCUT2D eigenvalue weighted by Crippen LogP contribution is -1.91. The van der Waals surface area contributed by atoms with Gasteiger partial charge in [-0.2, -0.15) is 5.10 Å². The van der Waals surface area contributed by atoms with Crippen LogP contribution in [0.4, 0.5) is 0 Å². The number of aromatic nitrogens is 2. The Balaban J connectivity index is 3.04. The Morgan fingerprint density at radius 3 is 2.56 bits per heavy atom. The molecule has 0 saturated carbocycles. The molecule has 0 aromatic carbocycles. The van der Waals surface area contributed by atoms with E-state index < -0.39 is 0 Å². The van der Waals surface area contributed by atoms with E-state index in [4.69, 9.17) is 0 Å². The third kappa shape index (κ3) is 1.10. The van der Waals surface area contributed by atoms with Gasteiger partial charge in [0.05, 0.1) is 6.20 Å². The molecular formula is C6H10N2S. The van der Waals surface area contributed by atoms with Gasteiger partial charge in [-0.3, -0.25) is 4.68 Å². The molecule has 0 fully saturated rings. The van der Waals surface area contributed by atoms with Crippen LogP contribution in [0.3, 0.4) is 0 Å². The predicted molar refractivity (Wildman–Crippen MR) is 39.7 cm³/mol. The highest BCUT2D eigenvalue weighted by atomic mass is 32.2. The first-order valence-electron chi connectivity index (χ1n) is 2.78. The van der Waals surface area contributed by atoms with Gasteiger partial charge in [-0.1, -0.05) is 0 Å². The van der Waals surface area contributed by atoms with Gasteiger partial charge in [0.25, 0.3) is 0 Å². The topological polar surface area (TPSA) is 17.8 Å². The van der Waals surface area contributed by atoms with Crippen LogP contribution in [-0.2, 0) is 7.05 Å². The summed E-state index contributed by atoms with van der Waals surface area (Å²) in [5.74, 6) is 0. The maximum absolute atomic E-state index is 4.08. The Morgan fingerprint density at radius 2 is 2.33 bits per heavy atom. The van der Waals surface area contributed by atoms with Crippen molar-refractivity contribution in [1.29, 1.82) is 0 Å². The van der Waals surface area contributed by atoms with Crippen molar-refractivity contribution in [3.63, 3.8) is 0 Å². The molecule has 0 aliphatic rings. The first kappa shape index (κ1) is 6.68. The SMILES string of the molecule is CSc1cnn(C)c1C. The molecule has 0 aliphatic carbocycles. The number of nitrogens with zero attached hydrogens (tertiary/aromatic N) is 2. The standard InChI is InChI=1S/C6H10N2S/c1-5-6(9-3)4-7-8(5)2/h4H,1-3H3. The van der Waals surface area contributed by atoms with Gasteiger partial charge in [0.15, 0.2) is 0 Å². The number of thioether (sulfide) groups is 1. The molecule has 0 spiro atoms. The molecule has 0 saturated heterocycles. The van der Waals surface area contributed by atoms with Crippen molar-refractivity contribution < 1.29 is 0 Å². The zero-order chi connectivity index (χ0) is 6.85. The van der Waals surface area contributed by atoms with E-state index in [1.807, 2.05) is 17.9 Å². The fourth-order valence-corrected chi connectivity index (χ4v) is 1.26. The lowest BCUT2D eigenvalue weighted by atomic mass is 10.5. The average molecular weight is 142 g/mol. The Bertz CT molecular complexity index is 205. The first-order chi connectivity index (χ1) is 4.25. The molecule has 0 atom stereocenters. The molecule has 0 amide bonds. The molecule has 2 nitrogen and oxygen atoms in total. The Morgan fingerprint density at radius 1 is 1.67 bits per heavy atom. The van der Waals surface area contributed by atoms with Crippen molar-refractivity contribution in [3.8, 4) is 0 Å². The second-order valence-corrected chi connectivity index (χ2v) is 2.77. The van der Waals surface area contributed by atoms with E-state index in [1.165, 1.54) is 10.6 Å². The minimum absolute atomic E-state index is 1.24. The monoisotopic (exact) mass is 142 g/mol.